The molecule has 3 aromatic rings. The summed E-state index contributed by atoms with van der Waals surface area (Å²) in [6, 6.07) is 14.0. The lowest BCUT2D eigenvalue weighted by atomic mass is 9.83. The number of aromatic nitrogens is 3. The Bertz CT molecular complexity index is 961. The molecule has 0 unspecified atom stereocenters. The quantitative estimate of drug-likeness (QED) is 0.699. The minimum absolute atomic E-state index is 0. The Morgan fingerprint density at radius 2 is 1.93 bits per heavy atom. The SMILES string of the molecule is Cc1ccccc1-n1nc(-c2cccc(F)c2)nc1[C@H]1CC[C@@H](O)[C@H](N)C1.Cl. The van der Waals surface area contributed by atoms with Gasteiger partial charge in [0.15, 0.2) is 5.82 Å². The Morgan fingerprint density at radius 3 is 2.64 bits per heavy atom. The van der Waals surface area contributed by atoms with E-state index in [0.29, 0.717) is 24.2 Å². The van der Waals surface area contributed by atoms with Crippen molar-refractivity contribution in [2.75, 3.05) is 0 Å². The number of nitrogens with two attached hydrogens (primary N) is 1. The highest BCUT2D eigenvalue weighted by molar-refractivity contribution is 5.85. The number of benzene rings is 2. The van der Waals surface area contributed by atoms with Crippen LogP contribution in [0.3, 0.4) is 0 Å². The van der Waals surface area contributed by atoms with E-state index in [9.17, 15) is 9.50 Å². The second-order valence-corrected chi connectivity index (χ2v) is 7.24. The fourth-order valence-corrected chi connectivity index (χ4v) is 3.74. The van der Waals surface area contributed by atoms with Crippen LogP contribution in [-0.4, -0.2) is 32.0 Å². The maximum atomic E-state index is 13.7. The molecule has 28 heavy (non-hydrogen) atoms. The van der Waals surface area contributed by atoms with Gasteiger partial charge in [-0.2, -0.15) is 0 Å². The highest BCUT2D eigenvalue weighted by Crippen LogP contribution is 2.34. The second kappa shape index (κ2) is 8.39. The van der Waals surface area contributed by atoms with Crippen molar-refractivity contribution in [2.24, 2.45) is 5.73 Å². The number of aryl methyl sites for hydroxylation is 1. The van der Waals surface area contributed by atoms with Crippen molar-refractivity contribution in [3.8, 4) is 17.1 Å². The smallest absolute Gasteiger partial charge is 0.181 e. The van der Waals surface area contributed by atoms with Gasteiger partial charge in [0.1, 0.15) is 11.6 Å². The average molecular weight is 403 g/mol. The molecule has 1 aliphatic rings. The predicted octanol–water partition coefficient (Wildman–Crippen LogP) is 3.76. The van der Waals surface area contributed by atoms with Gasteiger partial charge in [-0.3, -0.25) is 0 Å². The van der Waals surface area contributed by atoms with E-state index in [-0.39, 0.29) is 30.2 Å². The molecule has 0 radical (unpaired) electrons. The third kappa shape index (κ3) is 3.94. The van der Waals surface area contributed by atoms with Crippen LogP contribution >= 0.6 is 12.4 Å². The monoisotopic (exact) mass is 402 g/mol. The Hall–Kier alpha value is -2.28. The molecule has 0 spiro atoms. The van der Waals surface area contributed by atoms with Gasteiger partial charge in [0.2, 0.25) is 0 Å². The molecule has 0 amide bonds. The number of hydrogen-bond acceptors (Lipinski definition) is 4. The van der Waals surface area contributed by atoms with E-state index in [4.69, 9.17) is 15.8 Å². The van der Waals surface area contributed by atoms with E-state index in [1.807, 2.05) is 35.9 Å². The molecule has 1 aromatic heterocycles. The third-order valence-electron chi connectivity index (χ3n) is 5.29. The number of rotatable bonds is 3. The molecule has 1 saturated carbocycles. The molecule has 7 heteroatoms. The van der Waals surface area contributed by atoms with E-state index in [1.165, 1.54) is 12.1 Å². The molecular weight excluding hydrogens is 379 g/mol. The van der Waals surface area contributed by atoms with Crippen LogP contribution in [0, 0.1) is 12.7 Å². The zero-order chi connectivity index (χ0) is 19.0. The summed E-state index contributed by atoms with van der Waals surface area (Å²) in [6.07, 6.45) is 1.61. The molecule has 148 valence electrons. The van der Waals surface area contributed by atoms with Crippen LogP contribution in [0.1, 0.15) is 36.6 Å². The molecule has 0 saturated heterocycles. The molecule has 4 rings (SSSR count). The summed E-state index contributed by atoms with van der Waals surface area (Å²) in [5.41, 5.74) is 8.77. The normalized spacial score (nSPS) is 21.9. The molecule has 1 heterocycles. The van der Waals surface area contributed by atoms with Crippen molar-refractivity contribution < 1.29 is 9.50 Å². The van der Waals surface area contributed by atoms with Gasteiger partial charge in [0.05, 0.1) is 11.8 Å². The van der Waals surface area contributed by atoms with Crippen LogP contribution in [0.25, 0.3) is 17.1 Å². The van der Waals surface area contributed by atoms with Gasteiger partial charge in [-0.1, -0.05) is 30.3 Å². The van der Waals surface area contributed by atoms with E-state index >= 15 is 0 Å². The standard InChI is InChI=1S/C21H23FN4O.ClH/c1-13-5-2-3-8-18(13)26-21(15-9-10-19(27)17(23)12-15)24-20(25-26)14-6-4-7-16(22)11-14;/h2-8,11,15,17,19,27H,9-10,12,23H2,1H3;1H/t15-,17+,19+;/m0./s1. The lowest BCUT2D eigenvalue weighted by molar-refractivity contribution is 0.0989. The fourth-order valence-electron chi connectivity index (χ4n) is 3.74. The topological polar surface area (TPSA) is 77.0 Å². The van der Waals surface area contributed by atoms with Crippen molar-refractivity contribution >= 4 is 12.4 Å². The Balaban J connectivity index is 0.00000225. The van der Waals surface area contributed by atoms with Gasteiger partial charge in [-0.25, -0.2) is 14.1 Å². The lowest BCUT2D eigenvalue weighted by Gasteiger charge is -2.30. The summed E-state index contributed by atoms with van der Waals surface area (Å²) < 4.78 is 15.5. The zero-order valence-electron chi connectivity index (χ0n) is 15.6. The lowest BCUT2D eigenvalue weighted by Crippen LogP contribution is -2.40. The summed E-state index contributed by atoms with van der Waals surface area (Å²) in [5, 5.41) is 14.7. The number of halogens is 2. The van der Waals surface area contributed by atoms with Gasteiger partial charge in [-0.15, -0.1) is 17.5 Å². The fraction of sp³-hybridized carbons (Fsp3) is 0.333. The molecular formula is C21H24ClFN4O. The largest absolute Gasteiger partial charge is 0.392 e. The van der Waals surface area contributed by atoms with Gasteiger partial charge < -0.3 is 10.8 Å². The van der Waals surface area contributed by atoms with Crippen molar-refractivity contribution in [1.82, 2.24) is 14.8 Å². The highest BCUT2D eigenvalue weighted by Gasteiger charge is 2.31. The predicted molar refractivity (Wildman–Crippen MR) is 109 cm³/mol. The van der Waals surface area contributed by atoms with Crippen LogP contribution in [-0.2, 0) is 0 Å². The maximum absolute atomic E-state index is 13.7. The van der Waals surface area contributed by atoms with E-state index in [0.717, 1.165) is 23.5 Å². The van der Waals surface area contributed by atoms with Crippen molar-refractivity contribution in [3.05, 3.63) is 65.7 Å². The Kier molecular flexibility index (Phi) is 6.13. The zero-order valence-corrected chi connectivity index (χ0v) is 16.4. The van der Waals surface area contributed by atoms with Gasteiger partial charge in [-0.05, 0) is 49.9 Å². The first-order chi connectivity index (χ1) is 13.0. The number of aliphatic hydroxyl groups is 1. The number of hydrogen-bond donors (Lipinski definition) is 2. The summed E-state index contributed by atoms with van der Waals surface area (Å²) in [7, 11) is 0. The van der Waals surface area contributed by atoms with E-state index < -0.39 is 6.10 Å². The van der Waals surface area contributed by atoms with Crippen LogP contribution in [0.15, 0.2) is 48.5 Å². The van der Waals surface area contributed by atoms with E-state index in [1.54, 1.807) is 12.1 Å². The van der Waals surface area contributed by atoms with Crippen molar-refractivity contribution in [1.29, 1.82) is 0 Å². The van der Waals surface area contributed by atoms with Gasteiger partial charge in [0, 0.05) is 17.5 Å². The number of nitrogens with zero attached hydrogens (tertiary/aromatic N) is 3. The van der Waals surface area contributed by atoms with Gasteiger partial charge in [0.25, 0.3) is 0 Å². The van der Waals surface area contributed by atoms with Crippen molar-refractivity contribution in [2.45, 2.75) is 44.2 Å². The Morgan fingerprint density at radius 1 is 1.14 bits per heavy atom. The summed E-state index contributed by atoms with van der Waals surface area (Å²) in [6.45, 7) is 2.03. The molecule has 1 aliphatic carbocycles. The molecule has 5 nitrogen and oxygen atoms in total. The summed E-state index contributed by atoms with van der Waals surface area (Å²) in [5.74, 6) is 1.08. The minimum atomic E-state index is -0.473. The van der Waals surface area contributed by atoms with Crippen LogP contribution in [0.2, 0.25) is 0 Å². The van der Waals surface area contributed by atoms with Crippen LogP contribution < -0.4 is 5.73 Å². The average Bonchev–Trinajstić information content (AvgIpc) is 3.09. The van der Waals surface area contributed by atoms with E-state index in [2.05, 4.69) is 0 Å². The number of aliphatic hydroxyl groups excluding tert-OH is 1. The van der Waals surface area contributed by atoms with Crippen LogP contribution in [0.5, 0.6) is 0 Å². The first-order valence-electron chi connectivity index (χ1n) is 9.25. The van der Waals surface area contributed by atoms with Crippen LogP contribution in [0.4, 0.5) is 4.39 Å². The van der Waals surface area contributed by atoms with Gasteiger partial charge >= 0.3 is 0 Å². The molecule has 2 aromatic carbocycles. The first-order valence-corrected chi connectivity index (χ1v) is 9.25. The molecule has 1 fully saturated rings. The Labute approximate surface area is 169 Å². The maximum Gasteiger partial charge on any atom is 0.181 e. The first kappa shape index (κ1) is 20.5. The summed E-state index contributed by atoms with van der Waals surface area (Å²) in [4.78, 5) is 4.77. The number of para-hydroxylation sites is 1. The third-order valence-corrected chi connectivity index (χ3v) is 5.29. The highest BCUT2D eigenvalue weighted by atomic mass is 35.5. The minimum Gasteiger partial charge on any atom is -0.392 e. The molecule has 3 N–H and O–H groups in total. The second-order valence-electron chi connectivity index (χ2n) is 7.24. The summed E-state index contributed by atoms with van der Waals surface area (Å²) >= 11 is 0. The van der Waals surface area contributed by atoms with Crippen molar-refractivity contribution in [3.63, 3.8) is 0 Å². The molecule has 3 atom stereocenters. The molecule has 0 aliphatic heterocycles. The molecule has 0 bridgehead atoms.